The van der Waals surface area contributed by atoms with Crippen molar-refractivity contribution in [1.82, 2.24) is 19.8 Å². The zero-order valence-electron chi connectivity index (χ0n) is 16.2. The van der Waals surface area contributed by atoms with E-state index in [1.807, 2.05) is 35.0 Å². The van der Waals surface area contributed by atoms with E-state index in [4.69, 9.17) is 17.0 Å². The molecule has 7 nitrogen and oxygen atoms in total. The number of nitrogens with zero attached hydrogens (tertiary/aromatic N) is 3. The summed E-state index contributed by atoms with van der Waals surface area (Å²) in [5.41, 5.74) is 0.784. The molecule has 1 aromatic heterocycles. The first-order valence-corrected chi connectivity index (χ1v) is 10.4. The van der Waals surface area contributed by atoms with Crippen LogP contribution in [0.1, 0.15) is 18.9 Å². The molecule has 0 aliphatic carbocycles. The van der Waals surface area contributed by atoms with Crippen molar-refractivity contribution in [1.29, 1.82) is 0 Å². The number of aromatic nitrogens is 2. The molecule has 29 heavy (non-hydrogen) atoms. The SMILES string of the molecule is COc1ccccc1/C=C1\SC(=S)N([C@@H](C)C(=O)NCCCn2ccnc2)C1=O. The lowest BCUT2D eigenvalue weighted by molar-refractivity contribution is -0.132. The van der Waals surface area contributed by atoms with Crippen molar-refractivity contribution in [2.45, 2.75) is 25.9 Å². The normalized spacial score (nSPS) is 16.3. The lowest BCUT2D eigenvalue weighted by Gasteiger charge is -2.22. The number of hydrogen-bond acceptors (Lipinski definition) is 6. The first kappa shape index (κ1) is 21.1. The van der Waals surface area contributed by atoms with E-state index in [0.29, 0.717) is 21.5 Å². The zero-order valence-corrected chi connectivity index (χ0v) is 17.8. The van der Waals surface area contributed by atoms with E-state index in [0.717, 1.165) is 18.5 Å². The van der Waals surface area contributed by atoms with Crippen molar-refractivity contribution in [3.05, 3.63) is 53.5 Å². The van der Waals surface area contributed by atoms with Crippen LogP contribution in [0.15, 0.2) is 47.9 Å². The quantitative estimate of drug-likeness (QED) is 0.394. The Bertz CT molecular complexity index is 928. The number of carbonyl (C=O) groups is 2. The van der Waals surface area contributed by atoms with Gasteiger partial charge in [-0.25, -0.2) is 4.98 Å². The van der Waals surface area contributed by atoms with Gasteiger partial charge in [-0.05, 0) is 25.5 Å². The third-order valence-electron chi connectivity index (χ3n) is 4.47. The van der Waals surface area contributed by atoms with E-state index in [-0.39, 0.29) is 11.8 Å². The second-order valence-electron chi connectivity index (χ2n) is 6.41. The highest BCUT2D eigenvalue weighted by Gasteiger charge is 2.38. The summed E-state index contributed by atoms with van der Waals surface area (Å²) in [6, 6.07) is 6.74. The largest absolute Gasteiger partial charge is 0.496 e. The topological polar surface area (TPSA) is 76.5 Å². The predicted molar refractivity (Wildman–Crippen MR) is 117 cm³/mol. The molecule has 0 bridgehead atoms. The van der Waals surface area contributed by atoms with Gasteiger partial charge in [0.25, 0.3) is 5.91 Å². The molecule has 1 atom stereocenters. The molecule has 9 heteroatoms. The number of para-hydroxylation sites is 1. The molecule has 3 rings (SSSR count). The second-order valence-corrected chi connectivity index (χ2v) is 8.09. The highest BCUT2D eigenvalue weighted by molar-refractivity contribution is 8.26. The summed E-state index contributed by atoms with van der Waals surface area (Å²) in [5, 5.41) is 2.87. The van der Waals surface area contributed by atoms with Crippen LogP contribution < -0.4 is 10.1 Å². The van der Waals surface area contributed by atoms with Gasteiger partial charge in [0.1, 0.15) is 16.1 Å². The Morgan fingerprint density at radius 1 is 1.41 bits per heavy atom. The van der Waals surface area contributed by atoms with Crippen LogP contribution in [0.4, 0.5) is 0 Å². The standard InChI is InChI=1S/C20H22N4O3S2/c1-14(18(25)22-8-5-10-23-11-9-21-13-23)24-19(26)17(29-20(24)28)12-15-6-3-4-7-16(15)27-2/h3-4,6-7,9,11-14H,5,8,10H2,1-2H3,(H,22,25)/b17-12-/t14-/m0/s1. The highest BCUT2D eigenvalue weighted by Crippen LogP contribution is 2.35. The number of hydrogen-bond donors (Lipinski definition) is 1. The summed E-state index contributed by atoms with van der Waals surface area (Å²) in [6.07, 6.45) is 7.83. The number of rotatable bonds is 8. The molecule has 2 aromatic rings. The average Bonchev–Trinajstić information content (AvgIpc) is 3.33. The van der Waals surface area contributed by atoms with Gasteiger partial charge in [-0.1, -0.05) is 42.2 Å². The van der Waals surface area contributed by atoms with Crippen molar-refractivity contribution in [2.24, 2.45) is 0 Å². The van der Waals surface area contributed by atoms with Gasteiger partial charge in [0.2, 0.25) is 5.91 Å². The smallest absolute Gasteiger partial charge is 0.266 e. The molecule has 1 fully saturated rings. The minimum Gasteiger partial charge on any atom is -0.496 e. The first-order chi connectivity index (χ1) is 14.0. The monoisotopic (exact) mass is 430 g/mol. The highest BCUT2D eigenvalue weighted by atomic mass is 32.2. The molecule has 0 spiro atoms. The molecular weight excluding hydrogens is 408 g/mol. The van der Waals surface area contributed by atoms with Gasteiger partial charge < -0.3 is 14.6 Å². The Kier molecular flexibility index (Phi) is 7.05. The summed E-state index contributed by atoms with van der Waals surface area (Å²) in [4.78, 5) is 31.2. The lowest BCUT2D eigenvalue weighted by Crippen LogP contribution is -2.47. The van der Waals surface area contributed by atoms with E-state index >= 15 is 0 Å². The molecule has 1 aliphatic rings. The summed E-state index contributed by atoms with van der Waals surface area (Å²) < 4.78 is 7.65. The fourth-order valence-electron chi connectivity index (χ4n) is 2.90. The molecule has 2 amide bonds. The molecule has 0 unspecified atom stereocenters. The Labute approximate surface area is 179 Å². The van der Waals surface area contributed by atoms with Gasteiger partial charge in [-0.2, -0.15) is 0 Å². The number of nitrogens with one attached hydrogen (secondary N) is 1. The Morgan fingerprint density at radius 3 is 2.93 bits per heavy atom. The number of carbonyl (C=O) groups excluding carboxylic acids is 2. The average molecular weight is 431 g/mol. The molecule has 1 aromatic carbocycles. The fraction of sp³-hybridized carbons (Fsp3) is 0.300. The minimum atomic E-state index is -0.681. The van der Waals surface area contributed by atoms with Crippen LogP contribution in [0.25, 0.3) is 6.08 Å². The van der Waals surface area contributed by atoms with E-state index in [1.54, 1.807) is 32.6 Å². The molecular formula is C20H22N4O3S2. The van der Waals surface area contributed by atoms with Crippen molar-refractivity contribution in [2.75, 3.05) is 13.7 Å². The van der Waals surface area contributed by atoms with Crippen molar-refractivity contribution in [3.8, 4) is 5.75 Å². The van der Waals surface area contributed by atoms with Crippen molar-refractivity contribution < 1.29 is 14.3 Å². The van der Waals surface area contributed by atoms with Crippen molar-refractivity contribution >= 4 is 46.2 Å². The van der Waals surface area contributed by atoms with Gasteiger partial charge in [0, 0.05) is 31.0 Å². The number of imidazole rings is 1. The number of ether oxygens (including phenoxy) is 1. The van der Waals surface area contributed by atoms with Crippen LogP contribution >= 0.6 is 24.0 Å². The zero-order chi connectivity index (χ0) is 20.8. The third kappa shape index (κ3) is 5.04. The van der Waals surface area contributed by atoms with E-state index in [9.17, 15) is 9.59 Å². The maximum Gasteiger partial charge on any atom is 0.266 e. The summed E-state index contributed by atoms with van der Waals surface area (Å²) >= 11 is 6.55. The molecule has 1 N–H and O–H groups in total. The Balaban J connectivity index is 1.61. The van der Waals surface area contributed by atoms with Gasteiger partial charge >= 0.3 is 0 Å². The van der Waals surface area contributed by atoms with Crippen LogP contribution in [-0.4, -0.2) is 50.3 Å². The van der Waals surface area contributed by atoms with Crippen LogP contribution in [0.3, 0.4) is 0 Å². The predicted octanol–water partition coefficient (Wildman–Crippen LogP) is 2.69. The number of thioether (sulfide) groups is 1. The molecule has 1 saturated heterocycles. The van der Waals surface area contributed by atoms with Crippen LogP contribution in [-0.2, 0) is 16.1 Å². The Hall–Kier alpha value is -2.65. The Morgan fingerprint density at radius 2 is 2.21 bits per heavy atom. The second kappa shape index (κ2) is 9.71. The molecule has 2 heterocycles. The van der Waals surface area contributed by atoms with Crippen LogP contribution in [0.5, 0.6) is 5.75 Å². The number of aryl methyl sites for hydroxylation is 1. The third-order valence-corrected chi connectivity index (χ3v) is 5.80. The first-order valence-electron chi connectivity index (χ1n) is 9.15. The van der Waals surface area contributed by atoms with E-state index < -0.39 is 6.04 Å². The van der Waals surface area contributed by atoms with Gasteiger partial charge in [0.15, 0.2) is 0 Å². The fourth-order valence-corrected chi connectivity index (χ4v) is 4.31. The van der Waals surface area contributed by atoms with Gasteiger partial charge in [-0.15, -0.1) is 0 Å². The summed E-state index contributed by atoms with van der Waals surface area (Å²) in [7, 11) is 1.58. The van der Waals surface area contributed by atoms with Gasteiger partial charge in [0.05, 0.1) is 18.3 Å². The molecule has 0 radical (unpaired) electrons. The maximum absolute atomic E-state index is 12.9. The van der Waals surface area contributed by atoms with Crippen LogP contribution in [0, 0.1) is 0 Å². The summed E-state index contributed by atoms with van der Waals surface area (Å²) in [6.45, 7) is 2.95. The van der Waals surface area contributed by atoms with Gasteiger partial charge in [-0.3, -0.25) is 14.5 Å². The van der Waals surface area contributed by atoms with E-state index in [1.165, 1.54) is 16.7 Å². The van der Waals surface area contributed by atoms with Crippen LogP contribution in [0.2, 0.25) is 0 Å². The van der Waals surface area contributed by atoms with Crippen molar-refractivity contribution in [3.63, 3.8) is 0 Å². The number of methoxy groups -OCH3 is 1. The molecule has 0 saturated carbocycles. The number of thiocarbonyl (C=S) groups is 1. The van der Waals surface area contributed by atoms with E-state index in [2.05, 4.69) is 10.3 Å². The molecule has 1 aliphatic heterocycles. The lowest BCUT2D eigenvalue weighted by atomic mass is 10.1. The maximum atomic E-state index is 12.9. The number of benzene rings is 1. The summed E-state index contributed by atoms with van der Waals surface area (Å²) in [5.74, 6) is 0.166. The minimum absolute atomic E-state index is 0.231. The number of amides is 2. The molecule has 152 valence electrons.